The number of nitrogens with one attached hydrogen (secondary N) is 1. The predicted octanol–water partition coefficient (Wildman–Crippen LogP) is 5.15. The number of halogens is 4. The normalized spacial score (nSPS) is 15.6. The van der Waals surface area contributed by atoms with E-state index in [4.69, 9.17) is 16.6 Å². The van der Waals surface area contributed by atoms with E-state index in [1.54, 1.807) is 61.3 Å². The van der Waals surface area contributed by atoms with Gasteiger partial charge in [0.15, 0.2) is 5.82 Å². The molecule has 7 rings (SSSR count). The highest BCUT2D eigenvalue weighted by atomic mass is 35.5. The minimum atomic E-state index is -4.60. The van der Waals surface area contributed by atoms with E-state index in [0.29, 0.717) is 73.4 Å². The summed E-state index contributed by atoms with van der Waals surface area (Å²) in [5, 5.41) is 17.2. The lowest BCUT2D eigenvalue weighted by molar-refractivity contribution is -0.137. The number of aromatic hydroxyl groups is 1. The van der Waals surface area contributed by atoms with Crippen LogP contribution >= 0.6 is 11.6 Å². The molecule has 2 aliphatic rings. The Morgan fingerprint density at radius 1 is 1.06 bits per heavy atom. The molecular weight excluding hydrogens is 701 g/mol. The fraction of sp³-hybridized carbons (Fsp3) is 0.333. The summed E-state index contributed by atoms with van der Waals surface area (Å²) >= 11 is 6.15. The number of nitrogens with zero attached hydrogens (tertiary/aromatic N) is 7. The SMILES string of the molecule is CN(C)C(=O)c1ccc(-c2nc3n(CC(=O)Nc4ccc(C(F)(F)F)cc4Cl)c4c(c(=O)n3n2)C2(CC4)CCN(Cc3ncccc3O)CC2)cc1. The van der Waals surface area contributed by atoms with Gasteiger partial charge in [0.1, 0.15) is 12.3 Å². The summed E-state index contributed by atoms with van der Waals surface area (Å²) < 4.78 is 42.6. The molecule has 0 saturated carbocycles. The Morgan fingerprint density at radius 3 is 2.44 bits per heavy atom. The number of hydrogen-bond donors (Lipinski definition) is 2. The molecule has 2 N–H and O–H groups in total. The van der Waals surface area contributed by atoms with Crippen LogP contribution in [-0.2, 0) is 35.9 Å². The second-order valence-corrected chi connectivity index (χ2v) is 13.8. The summed E-state index contributed by atoms with van der Waals surface area (Å²) in [7, 11) is 3.30. The molecule has 0 atom stereocenters. The Balaban J connectivity index is 1.25. The molecule has 2 aromatic carbocycles. The van der Waals surface area contributed by atoms with E-state index in [0.717, 1.165) is 18.2 Å². The molecule has 1 spiro atoms. The zero-order valence-electron chi connectivity index (χ0n) is 28.2. The highest BCUT2D eigenvalue weighted by molar-refractivity contribution is 6.33. The number of fused-ring (bicyclic) bond motifs is 3. The van der Waals surface area contributed by atoms with Crippen LogP contribution in [0.2, 0.25) is 5.02 Å². The van der Waals surface area contributed by atoms with Crippen molar-refractivity contribution in [3.05, 3.63) is 104 Å². The maximum absolute atomic E-state index is 14.4. The van der Waals surface area contributed by atoms with Crippen molar-refractivity contribution in [2.24, 2.45) is 0 Å². The van der Waals surface area contributed by atoms with Gasteiger partial charge in [0, 0.05) is 54.6 Å². The molecule has 52 heavy (non-hydrogen) atoms. The first-order valence-electron chi connectivity index (χ1n) is 16.6. The number of anilines is 1. The Hall–Kier alpha value is -5.28. The number of aromatic nitrogens is 5. The summed E-state index contributed by atoms with van der Waals surface area (Å²) in [4.78, 5) is 53.1. The van der Waals surface area contributed by atoms with Crippen LogP contribution < -0.4 is 10.9 Å². The Bertz CT molecular complexity index is 2260. The molecule has 2 amide bonds. The standard InChI is InChI=1S/C36H34ClF3N8O4/c1-45(2)32(51)22-7-5-21(6-8-22)31-43-34-47(20-29(50)42-25-10-9-23(18-24(25)37)36(38,39)40)27-11-12-35(30(27)33(52)48(34)44-31)13-16-46(17-14-35)19-26-28(49)4-3-15-41-26/h3-10,15,18,49H,11-14,16-17,19-20H2,1-2H3,(H,42,50). The zero-order valence-corrected chi connectivity index (χ0v) is 29.0. The van der Waals surface area contributed by atoms with E-state index in [-0.39, 0.29) is 46.1 Å². The number of piperidine rings is 1. The molecule has 12 nitrogen and oxygen atoms in total. The Kier molecular flexibility index (Phi) is 9.03. The van der Waals surface area contributed by atoms with Crippen LogP contribution in [0.3, 0.4) is 0 Å². The zero-order chi connectivity index (χ0) is 36.9. The molecule has 1 aliphatic carbocycles. The van der Waals surface area contributed by atoms with Gasteiger partial charge in [0.2, 0.25) is 11.7 Å². The highest BCUT2D eigenvalue weighted by Crippen LogP contribution is 2.45. The minimum Gasteiger partial charge on any atom is -0.506 e. The quantitative estimate of drug-likeness (QED) is 0.234. The lowest BCUT2D eigenvalue weighted by Crippen LogP contribution is -2.44. The number of alkyl halides is 3. The Labute approximate surface area is 300 Å². The van der Waals surface area contributed by atoms with Crippen LogP contribution in [-0.4, -0.2) is 78.1 Å². The molecular formula is C36H34ClF3N8O4. The van der Waals surface area contributed by atoms with Crippen LogP contribution in [0.1, 0.15) is 52.1 Å². The van der Waals surface area contributed by atoms with Gasteiger partial charge in [-0.1, -0.05) is 23.7 Å². The molecule has 1 fully saturated rings. The average Bonchev–Trinajstić information content (AvgIpc) is 3.72. The lowest BCUT2D eigenvalue weighted by atomic mass is 9.74. The Morgan fingerprint density at radius 2 is 1.79 bits per heavy atom. The van der Waals surface area contributed by atoms with Crippen molar-refractivity contribution < 1.29 is 27.9 Å². The molecule has 16 heteroatoms. The maximum Gasteiger partial charge on any atom is 0.416 e. The number of carbonyl (C=O) groups is 2. The van der Waals surface area contributed by atoms with Crippen molar-refractivity contribution in [1.29, 1.82) is 0 Å². The molecule has 1 aliphatic heterocycles. The number of hydrogen-bond acceptors (Lipinski definition) is 8. The molecule has 5 aromatic rings. The average molecular weight is 735 g/mol. The summed E-state index contributed by atoms with van der Waals surface area (Å²) in [6, 6.07) is 12.6. The van der Waals surface area contributed by atoms with Crippen LogP contribution in [0.25, 0.3) is 17.2 Å². The maximum atomic E-state index is 14.4. The van der Waals surface area contributed by atoms with Gasteiger partial charge in [-0.3, -0.25) is 24.3 Å². The van der Waals surface area contributed by atoms with E-state index in [9.17, 15) is 32.7 Å². The van der Waals surface area contributed by atoms with Crippen molar-refractivity contribution >= 4 is 34.9 Å². The van der Waals surface area contributed by atoms with E-state index in [1.165, 1.54) is 9.42 Å². The number of carbonyl (C=O) groups excluding carboxylic acids is 2. The molecule has 4 heterocycles. The summed E-state index contributed by atoms with van der Waals surface area (Å²) in [5.41, 5.74) is 1.01. The van der Waals surface area contributed by atoms with Gasteiger partial charge in [-0.2, -0.15) is 22.7 Å². The van der Waals surface area contributed by atoms with Crippen LogP contribution in [0, 0.1) is 0 Å². The first-order chi connectivity index (χ1) is 24.7. The van der Waals surface area contributed by atoms with Crippen LogP contribution in [0.15, 0.2) is 65.6 Å². The minimum absolute atomic E-state index is 0.00526. The van der Waals surface area contributed by atoms with Gasteiger partial charge in [0.05, 0.1) is 22.0 Å². The third-order valence-electron chi connectivity index (χ3n) is 9.94. The van der Waals surface area contributed by atoms with Gasteiger partial charge in [0.25, 0.3) is 11.5 Å². The van der Waals surface area contributed by atoms with E-state index < -0.39 is 23.1 Å². The van der Waals surface area contributed by atoms with Crippen molar-refractivity contribution in [2.75, 3.05) is 32.5 Å². The molecule has 0 unspecified atom stereocenters. The van der Waals surface area contributed by atoms with Crippen molar-refractivity contribution in [3.8, 4) is 17.1 Å². The van der Waals surface area contributed by atoms with Crippen molar-refractivity contribution in [1.82, 2.24) is 33.9 Å². The van der Waals surface area contributed by atoms with Crippen molar-refractivity contribution in [2.45, 2.75) is 50.4 Å². The van der Waals surface area contributed by atoms with Gasteiger partial charge in [-0.15, -0.1) is 5.10 Å². The third kappa shape index (κ3) is 6.50. The lowest BCUT2D eigenvalue weighted by Gasteiger charge is -2.39. The van der Waals surface area contributed by atoms with E-state index in [2.05, 4.69) is 20.3 Å². The number of rotatable bonds is 7. The monoisotopic (exact) mass is 734 g/mol. The van der Waals surface area contributed by atoms with E-state index >= 15 is 0 Å². The first-order valence-corrected chi connectivity index (χ1v) is 17.0. The third-order valence-corrected chi connectivity index (χ3v) is 10.3. The van der Waals surface area contributed by atoms with Crippen LogP contribution in [0.5, 0.6) is 5.75 Å². The van der Waals surface area contributed by atoms with Gasteiger partial charge in [-0.25, -0.2) is 0 Å². The summed E-state index contributed by atoms with van der Waals surface area (Å²) in [6.45, 7) is 1.41. The largest absolute Gasteiger partial charge is 0.506 e. The molecule has 0 radical (unpaired) electrons. The fourth-order valence-electron chi connectivity index (χ4n) is 7.21. The van der Waals surface area contributed by atoms with Gasteiger partial charge < -0.3 is 19.9 Å². The van der Waals surface area contributed by atoms with Gasteiger partial charge >= 0.3 is 6.18 Å². The van der Waals surface area contributed by atoms with Crippen molar-refractivity contribution in [3.63, 3.8) is 0 Å². The summed E-state index contributed by atoms with van der Waals surface area (Å²) in [6.07, 6.45) is -0.537. The number of benzene rings is 2. The highest BCUT2D eigenvalue weighted by Gasteiger charge is 2.46. The topological polar surface area (TPSA) is 138 Å². The number of pyridine rings is 1. The van der Waals surface area contributed by atoms with Gasteiger partial charge in [-0.05, 0) is 81.2 Å². The number of likely N-dealkylation sites (tertiary alicyclic amines) is 1. The smallest absolute Gasteiger partial charge is 0.416 e. The van der Waals surface area contributed by atoms with E-state index in [1.807, 2.05) is 0 Å². The first kappa shape index (κ1) is 35.1. The summed E-state index contributed by atoms with van der Waals surface area (Å²) in [5.74, 6) is -0.310. The molecule has 1 saturated heterocycles. The second kappa shape index (κ2) is 13.4. The fourth-order valence-corrected chi connectivity index (χ4v) is 7.44. The second-order valence-electron chi connectivity index (χ2n) is 13.4. The number of amides is 2. The molecule has 270 valence electrons. The molecule has 3 aromatic heterocycles. The molecule has 0 bridgehead atoms. The van der Waals surface area contributed by atoms with Crippen LogP contribution in [0.4, 0.5) is 18.9 Å². The predicted molar refractivity (Wildman–Crippen MR) is 186 cm³/mol.